The Labute approximate surface area is 132 Å². The summed E-state index contributed by atoms with van der Waals surface area (Å²) in [6.07, 6.45) is 4.26. The van der Waals surface area contributed by atoms with E-state index in [1.165, 1.54) is 6.42 Å². The van der Waals surface area contributed by atoms with Gasteiger partial charge in [0.25, 0.3) is 0 Å². The van der Waals surface area contributed by atoms with E-state index < -0.39 is 0 Å². The van der Waals surface area contributed by atoms with Crippen molar-refractivity contribution in [2.75, 3.05) is 6.61 Å². The SMILES string of the molecule is CC1(C)CCCC(C)(C)N1OCCc1ccccc1N=[N+]=[N-]. The van der Waals surface area contributed by atoms with E-state index in [9.17, 15) is 0 Å². The highest BCUT2D eigenvalue weighted by atomic mass is 16.7. The van der Waals surface area contributed by atoms with Crippen LogP contribution in [0.4, 0.5) is 5.69 Å². The molecule has 5 nitrogen and oxygen atoms in total. The molecule has 1 saturated heterocycles. The van der Waals surface area contributed by atoms with E-state index in [-0.39, 0.29) is 11.1 Å². The van der Waals surface area contributed by atoms with Crippen LogP contribution in [0.3, 0.4) is 0 Å². The summed E-state index contributed by atoms with van der Waals surface area (Å²) in [4.78, 5) is 9.03. The lowest BCUT2D eigenvalue weighted by Crippen LogP contribution is -2.58. The third-order valence-electron chi connectivity index (χ3n) is 4.41. The van der Waals surface area contributed by atoms with Crippen LogP contribution in [-0.4, -0.2) is 22.7 Å². The van der Waals surface area contributed by atoms with Crippen LogP contribution in [0.25, 0.3) is 10.4 Å². The van der Waals surface area contributed by atoms with Crippen molar-refractivity contribution in [2.45, 2.75) is 64.5 Å². The van der Waals surface area contributed by atoms with Crippen molar-refractivity contribution in [2.24, 2.45) is 5.11 Å². The first-order chi connectivity index (χ1) is 10.4. The molecule has 1 aromatic rings. The fourth-order valence-electron chi connectivity index (χ4n) is 3.44. The second-order valence-corrected chi connectivity index (χ2v) is 7.17. The fourth-order valence-corrected chi connectivity index (χ4v) is 3.44. The molecule has 0 bridgehead atoms. The Kier molecular flexibility index (Phi) is 5.12. The fraction of sp³-hybridized carbons (Fsp3) is 0.647. The maximum absolute atomic E-state index is 8.63. The highest BCUT2D eigenvalue weighted by Gasteiger charge is 2.42. The van der Waals surface area contributed by atoms with Crippen molar-refractivity contribution in [3.63, 3.8) is 0 Å². The van der Waals surface area contributed by atoms with Gasteiger partial charge < -0.3 is 0 Å². The molecule has 0 unspecified atom stereocenters. The molecule has 120 valence electrons. The average molecular weight is 302 g/mol. The van der Waals surface area contributed by atoms with Gasteiger partial charge in [-0.1, -0.05) is 29.4 Å². The Morgan fingerprint density at radius 2 is 1.82 bits per heavy atom. The number of hydrogen-bond acceptors (Lipinski definition) is 3. The van der Waals surface area contributed by atoms with E-state index in [4.69, 9.17) is 10.4 Å². The predicted octanol–water partition coefficient (Wildman–Crippen LogP) is 5.15. The Hall–Kier alpha value is -1.55. The Bertz CT molecular complexity index is 546. The number of benzene rings is 1. The number of piperidine rings is 1. The van der Waals surface area contributed by atoms with Gasteiger partial charge in [-0.15, -0.1) is 0 Å². The zero-order valence-corrected chi connectivity index (χ0v) is 14.0. The molecule has 0 N–H and O–H groups in total. The molecule has 0 radical (unpaired) electrons. The summed E-state index contributed by atoms with van der Waals surface area (Å²) in [5.74, 6) is 0. The molecule has 0 aromatic heterocycles. The molecule has 0 saturated carbocycles. The average Bonchev–Trinajstić information content (AvgIpc) is 2.43. The van der Waals surface area contributed by atoms with Crippen LogP contribution in [0.15, 0.2) is 29.4 Å². The van der Waals surface area contributed by atoms with E-state index in [0.29, 0.717) is 12.3 Å². The van der Waals surface area contributed by atoms with Gasteiger partial charge in [0.15, 0.2) is 0 Å². The van der Waals surface area contributed by atoms with Gasteiger partial charge in [0.1, 0.15) is 0 Å². The monoisotopic (exact) mass is 302 g/mol. The van der Waals surface area contributed by atoms with Crippen LogP contribution < -0.4 is 0 Å². The molecule has 1 aliphatic rings. The minimum Gasteiger partial charge on any atom is -0.298 e. The van der Waals surface area contributed by atoms with Crippen molar-refractivity contribution >= 4 is 5.69 Å². The lowest BCUT2D eigenvalue weighted by molar-refractivity contribution is -0.280. The minimum absolute atomic E-state index is 0.0477. The first kappa shape index (κ1) is 16.8. The third kappa shape index (κ3) is 3.80. The maximum atomic E-state index is 8.63. The van der Waals surface area contributed by atoms with E-state index in [2.05, 4.69) is 42.8 Å². The van der Waals surface area contributed by atoms with Gasteiger partial charge in [-0.25, -0.2) is 0 Å². The van der Waals surface area contributed by atoms with Gasteiger partial charge in [0.2, 0.25) is 0 Å². The Balaban J connectivity index is 2.02. The molecule has 1 aliphatic heterocycles. The molecule has 1 heterocycles. The standard InChI is InChI=1S/C17H26N4O/c1-16(2)11-7-12-17(3,4)21(16)22-13-10-14-8-5-6-9-15(14)19-20-18/h5-6,8-9H,7,10-13H2,1-4H3. The summed E-state index contributed by atoms with van der Waals surface area (Å²) < 4.78 is 0. The van der Waals surface area contributed by atoms with Gasteiger partial charge in [-0.3, -0.25) is 4.84 Å². The number of nitrogens with zero attached hydrogens (tertiary/aromatic N) is 4. The summed E-state index contributed by atoms with van der Waals surface area (Å²) in [7, 11) is 0. The van der Waals surface area contributed by atoms with Crippen molar-refractivity contribution in [3.05, 3.63) is 40.3 Å². The largest absolute Gasteiger partial charge is 0.298 e. The zero-order chi connectivity index (χ0) is 16.2. The maximum Gasteiger partial charge on any atom is 0.0726 e. The molecule has 0 spiro atoms. The van der Waals surface area contributed by atoms with Gasteiger partial charge in [-0.2, -0.15) is 5.06 Å². The van der Waals surface area contributed by atoms with Crippen LogP contribution in [0.5, 0.6) is 0 Å². The van der Waals surface area contributed by atoms with Gasteiger partial charge in [-0.05, 0) is 64.5 Å². The molecule has 1 aromatic carbocycles. The van der Waals surface area contributed by atoms with Crippen molar-refractivity contribution < 1.29 is 4.84 Å². The van der Waals surface area contributed by atoms with Crippen molar-refractivity contribution in [1.29, 1.82) is 0 Å². The summed E-state index contributed by atoms with van der Waals surface area (Å²) in [5, 5.41) is 5.91. The van der Waals surface area contributed by atoms with Crippen LogP contribution >= 0.6 is 0 Å². The molecule has 0 atom stereocenters. The first-order valence-corrected chi connectivity index (χ1v) is 7.93. The smallest absolute Gasteiger partial charge is 0.0726 e. The molecule has 1 fully saturated rings. The van der Waals surface area contributed by atoms with E-state index >= 15 is 0 Å². The van der Waals surface area contributed by atoms with Crippen LogP contribution in [-0.2, 0) is 11.3 Å². The summed E-state index contributed by atoms with van der Waals surface area (Å²) >= 11 is 0. The van der Waals surface area contributed by atoms with E-state index in [1.54, 1.807) is 0 Å². The summed E-state index contributed by atoms with van der Waals surface area (Å²) in [5.41, 5.74) is 10.4. The molecule has 0 amide bonds. The predicted molar refractivity (Wildman–Crippen MR) is 88.8 cm³/mol. The molecular weight excluding hydrogens is 276 g/mol. The number of rotatable bonds is 5. The van der Waals surface area contributed by atoms with Crippen LogP contribution in [0.1, 0.15) is 52.5 Å². The summed E-state index contributed by atoms with van der Waals surface area (Å²) in [6, 6.07) is 7.66. The lowest BCUT2D eigenvalue weighted by atomic mass is 9.82. The number of hydrogen-bond donors (Lipinski definition) is 0. The highest BCUT2D eigenvalue weighted by Crippen LogP contribution is 2.38. The molecule has 0 aliphatic carbocycles. The quantitative estimate of drug-likeness (QED) is 0.429. The first-order valence-electron chi connectivity index (χ1n) is 7.93. The van der Waals surface area contributed by atoms with E-state index in [1.807, 2.05) is 24.3 Å². The van der Waals surface area contributed by atoms with Gasteiger partial charge in [0.05, 0.1) is 6.61 Å². The van der Waals surface area contributed by atoms with Gasteiger partial charge in [0, 0.05) is 21.7 Å². The van der Waals surface area contributed by atoms with E-state index in [0.717, 1.165) is 24.8 Å². The minimum atomic E-state index is 0.0477. The highest BCUT2D eigenvalue weighted by molar-refractivity contribution is 5.45. The Morgan fingerprint density at radius 3 is 2.45 bits per heavy atom. The van der Waals surface area contributed by atoms with Gasteiger partial charge >= 0.3 is 0 Å². The molecule has 2 rings (SSSR count). The third-order valence-corrected chi connectivity index (χ3v) is 4.41. The topological polar surface area (TPSA) is 61.2 Å². The second kappa shape index (κ2) is 6.69. The molecule has 5 heteroatoms. The normalized spacial score (nSPS) is 20.4. The summed E-state index contributed by atoms with van der Waals surface area (Å²) in [6.45, 7) is 9.54. The number of azide groups is 1. The van der Waals surface area contributed by atoms with Crippen molar-refractivity contribution in [3.8, 4) is 0 Å². The van der Waals surface area contributed by atoms with Crippen LogP contribution in [0.2, 0.25) is 0 Å². The Morgan fingerprint density at radius 1 is 1.18 bits per heavy atom. The van der Waals surface area contributed by atoms with Crippen LogP contribution in [0, 0.1) is 0 Å². The molecule has 22 heavy (non-hydrogen) atoms. The lowest BCUT2D eigenvalue weighted by Gasteiger charge is -2.51. The number of hydroxylamine groups is 2. The van der Waals surface area contributed by atoms with Crippen molar-refractivity contribution in [1.82, 2.24) is 5.06 Å². The molecular formula is C17H26N4O. The second-order valence-electron chi connectivity index (χ2n) is 7.17. The zero-order valence-electron chi connectivity index (χ0n) is 14.0.